The Morgan fingerprint density at radius 1 is 1.11 bits per heavy atom. The van der Waals surface area contributed by atoms with Crippen LogP contribution in [0.15, 0.2) is 35.4 Å². The molecule has 1 aromatic carbocycles. The van der Waals surface area contributed by atoms with E-state index in [1.54, 1.807) is 0 Å². The number of nitrogens with zero attached hydrogens (tertiary/aromatic N) is 1. The molecular formula is C22H32N2O3. The summed E-state index contributed by atoms with van der Waals surface area (Å²) in [7, 11) is 0. The lowest BCUT2D eigenvalue weighted by Gasteiger charge is -2.32. The van der Waals surface area contributed by atoms with Gasteiger partial charge in [-0.2, -0.15) is 5.10 Å². The lowest BCUT2D eigenvalue weighted by Crippen LogP contribution is -2.33. The van der Waals surface area contributed by atoms with Crippen molar-refractivity contribution in [1.29, 1.82) is 0 Å². The molecule has 0 spiro atoms. The predicted molar refractivity (Wildman–Crippen MR) is 107 cm³/mol. The minimum absolute atomic E-state index is 0.0104. The zero-order chi connectivity index (χ0) is 19.9. The van der Waals surface area contributed by atoms with E-state index < -0.39 is 5.41 Å². The van der Waals surface area contributed by atoms with E-state index in [0.29, 0.717) is 12.5 Å². The zero-order valence-corrected chi connectivity index (χ0v) is 17.0. The van der Waals surface area contributed by atoms with Gasteiger partial charge in [0.15, 0.2) is 0 Å². The molecule has 1 N–H and O–H groups in total. The molecule has 1 aliphatic rings. The molecule has 0 atom stereocenters. The summed E-state index contributed by atoms with van der Waals surface area (Å²) in [6, 6.07) is 9.74. The third kappa shape index (κ3) is 6.81. The molecule has 1 fully saturated rings. The monoisotopic (exact) mass is 372 g/mol. The summed E-state index contributed by atoms with van der Waals surface area (Å²) in [6.45, 7) is 7.94. The normalized spacial score (nSPS) is 19.9. The molecule has 27 heavy (non-hydrogen) atoms. The lowest BCUT2D eigenvalue weighted by atomic mass is 9.73. The van der Waals surface area contributed by atoms with Crippen molar-refractivity contribution in [2.75, 3.05) is 0 Å². The summed E-state index contributed by atoms with van der Waals surface area (Å²) in [4.78, 5) is 24.7. The molecule has 0 heterocycles. The van der Waals surface area contributed by atoms with E-state index in [0.717, 1.165) is 43.4 Å². The maximum atomic E-state index is 12.5. The number of hydrogen-bond acceptors (Lipinski definition) is 4. The fourth-order valence-corrected chi connectivity index (χ4v) is 3.61. The molecule has 148 valence electrons. The van der Waals surface area contributed by atoms with Gasteiger partial charge in [0.05, 0.1) is 5.41 Å². The van der Waals surface area contributed by atoms with Crippen LogP contribution in [0, 0.1) is 17.3 Å². The van der Waals surface area contributed by atoms with E-state index in [1.807, 2.05) is 58.0 Å². The van der Waals surface area contributed by atoms with Crippen LogP contribution in [0.2, 0.25) is 0 Å². The number of benzene rings is 1. The van der Waals surface area contributed by atoms with Crippen LogP contribution in [0.5, 0.6) is 0 Å². The number of nitrogens with one attached hydrogen (secondary N) is 1. The molecule has 5 heteroatoms. The van der Waals surface area contributed by atoms with Crippen LogP contribution in [0.3, 0.4) is 0 Å². The van der Waals surface area contributed by atoms with Crippen LogP contribution in [-0.2, 0) is 20.9 Å². The van der Waals surface area contributed by atoms with Crippen molar-refractivity contribution in [2.45, 2.75) is 66.4 Å². The highest BCUT2D eigenvalue weighted by molar-refractivity contribution is 5.83. The fraction of sp³-hybridized carbons (Fsp3) is 0.591. The molecule has 1 aliphatic carbocycles. The summed E-state index contributed by atoms with van der Waals surface area (Å²) >= 11 is 0. The Bertz CT molecular complexity index is 655. The fourth-order valence-electron chi connectivity index (χ4n) is 3.61. The second-order valence-electron chi connectivity index (χ2n) is 8.40. The van der Waals surface area contributed by atoms with Crippen molar-refractivity contribution >= 4 is 17.6 Å². The van der Waals surface area contributed by atoms with Gasteiger partial charge < -0.3 is 4.74 Å². The molecule has 1 saturated carbocycles. The van der Waals surface area contributed by atoms with E-state index in [1.165, 1.54) is 0 Å². The largest absolute Gasteiger partial charge is 0.460 e. The molecule has 5 nitrogen and oxygen atoms in total. The number of hydrogen-bond donors (Lipinski definition) is 1. The number of hydrazone groups is 1. The first-order valence-corrected chi connectivity index (χ1v) is 9.80. The van der Waals surface area contributed by atoms with Crippen LogP contribution in [0.4, 0.5) is 0 Å². The van der Waals surface area contributed by atoms with Crippen molar-refractivity contribution in [2.24, 2.45) is 22.4 Å². The van der Waals surface area contributed by atoms with E-state index in [4.69, 9.17) is 4.74 Å². The SMILES string of the molecule is CC(C)=NNC(=O)C1CCC(CC(C)(C)C(=O)OCc2ccccc2)CC1. The average molecular weight is 373 g/mol. The lowest BCUT2D eigenvalue weighted by molar-refractivity contribution is -0.156. The first-order chi connectivity index (χ1) is 12.8. The summed E-state index contributed by atoms with van der Waals surface area (Å²) in [5, 5.41) is 4.00. The number of carbonyl (C=O) groups excluding carboxylic acids is 2. The quantitative estimate of drug-likeness (QED) is 0.436. The Morgan fingerprint density at radius 2 is 1.74 bits per heavy atom. The highest BCUT2D eigenvalue weighted by Crippen LogP contribution is 2.37. The number of ether oxygens (including phenoxy) is 1. The molecule has 0 saturated heterocycles. The molecule has 0 bridgehead atoms. The number of rotatable bonds is 7. The van der Waals surface area contributed by atoms with Gasteiger partial charge in [-0.1, -0.05) is 30.3 Å². The molecular weight excluding hydrogens is 340 g/mol. The van der Waals surface area contributed by atoms with Crippen LogP contribution in [0.25, 0.3) is 0 Å². The molecule has 2 rings (SSSR count). The van der Waals surface area contributed by atoms with Crippen LogP contribution >= 0.6 is 0 Å². The number of carbonyl (C=O) groups is 2. The third-order valence-corrected chi connectivity index (χ3v) is 5.17. The number of esters is 1. The third-order valence-electron chi connectivity index (χ3n) is 5.17. The predicted octanol–water partition coefficient (Wildman–Crippen LogP) is 4.46. The van der Waals surface area contributed by atoms with Gasteiger partial charge in [0, 0.05) is 11.6 Å². The van der Waals surface area contributed by atoms with Gasteiger partial charge in [-0.05, 0) is 71.3 Å². The number of amides is 1. The van der Waals surface area contributed by atoms with Gasteiger partial charge in [0.2, 0.25) is 5.91 Å². The topological polar surface area (TPSA) is 67.8 Å². The molecule has 1 aromatic rings. The van der Waals surface area contributed by atoms with Gasteiger partial charge in [0.25, 0.3) is 0 Å². The Labute approximate surface area is 162 Å². The highest BCUT2D eigenvalue weighted by atomic mass is 16.5. The van der Waals surface area contributed by atoms with Gasteiger partial charge in [-0.15, -0.1) is 0 Å². The summed E-state index contributed by atoms with van der Waals surface area (Å²) < 4.78 is 5.53. The first kappa shape index (κ1) is 21.1. The maximum Gasteiger partial charge on any atom is 0.311 e. The van der Waals surface area contributed by atoms with Crippen molar-refractivity contribution < 1.29 is 14.3 Å². The van der Waals surface area contributed by atoms with E-state index in [9.17, 15) is 9.59 Å². The summed E-state index contributed by atoms with van der Waals surface area (Å²) in [6.07, 6.45) is 4.42. The Morgan fingerprint density at radius 3 is 2.33 bits per heavy atom. The van der Waals surface area contributed by atoms with Crippen LogP contribution in [-0.4, -0.2) is 17.6 Å². The molecule has 0 radical (unpaired) electrons. The molecule has 0 aromatic heterocycles. The van der Waals surface area contributed by atoms with Crippen LogP contribution in [0.1, 0.15) is 65.4 Å². The van der Waals surface area contributed by atoms with Crippen molar-refractivity contribution in [1.82, 2.24) is 5.43 Å². The van der Waals surface area contributed by atoms with Gasteiger partial charge >= 0.3 is 5.97 Å². The first-order valence-electron chi connectivity index (χ1n) is 9.80. The smallest absolute Gasteiger partial charge is 0.311 e. The molecule has 0 unspecified atom stereocenters. The Hall–Kier alpha value is -2.17. The minimum atomic E-state index is -0.516. The Kier molecular flexibility index (Phi) is 7.57. The van der Waals surface area contributed by atoms with Crippen molar-refractivity contribution in [3.05, 3.63) is 35.9 Å². The maximum absolute atomic E-state index is 12.5. The molecule has 0 aliphatic heterocycles. The van der Waals surface area contributed by atoms with Crippen molar-refractivity contribution in [3.63, 3.8) is 0 Å². The molecule has 1 amide bonds. The van der Waals surface area contributed by atoms with Crippen LogP contribution < -0.4 is 5.43 Å². The average Bonchev–Trinajstić information content (AvgIpc) is 2.65. The standard InChI is InChI=1S/C22H32N2O3/c1-16(2)23-24-20(25)19-12-10-17(11-13-19)14-22(3,4)21(26)27-15-18-8-6-5-7-9-18/h5-9,17,19H,10-15H2,1-4H3,(H,24,25). The summed E-state index contributed by atoms with van der Waals surface area (Å²) in [5.41, 5.74) is 3.96. The van der Waals surface area contributed by atoms with Gasteiger partial charge in [-0.3, -0.25) is 9.59 Å². The van der Waals surface area contributed by atoms with Crippen molar-refractivity contribution in [3.8, 4) is 0 Å². The van der Waals surface area contributed by atoms with Gasteiger partial charge in [0.1, 0.15) is 6.61 Å². The summed E-state index contributed by atoms with van der Waals surface area (Å²) in [5.74, 6) is 0.331. The van der Waals surface area contributed by atoms with E-state index in [-0.39, 0.29) is 17.8 Å². The highest BCUT2D eigenvalue weighted by Gasteiger charge is 2.35. The minimum Gasteiger partial charge on any atom is -0.460 e. The van der Waals surface area contributed by atoms with E-state index in [2.05, 4.69) is 10.5 Å². The Balaban J connectivity index is 1.78. The zero-order valence-electron chi connectivity index (χ0n) is 17.0. The second-order valence-corrected chi connectivity index (χ2v) is 8.40. The van der Waals surface area contributed by atoms with Gasteiger partial charge in [-0.25, -0.2) is 5.43 Å². The second kappa shape index (κ2) is 9.67. The van der Waals surface area contributed by atoms with E-state index >= 15 is 0 Å².